The molecule has 1 aromatic heterocycles. The van der Waals surface area contributed by atoms with Crippen LogP contribution < -0.4 is 4.74 Å². The van der Waals surface area contributed by atoms with Gasteiger partial charge in [0.2, 0.25) is 5.89 Å². The fourth-order valence-corrected chi connectivity index (χ4v) is 2.62. The van der Waals surface area contributed by atoms with E-state index in [0.29, 0.717) is 22.7 Å². The van der Waals surface area contributed by atoms with E-state index in [2.05, 4.69) is 36.2 Å². The van der Waals surface area contributed by atoms with Crippen LogP contribution in [0.15, 0.2) is 46.9 Å². The van der Waals surface area contributed by atoms with Crippen molar-refractivity contribution in [1.29, 1.82) is 0 Å². The molecule has 0 saturated heterocycles. The molecule has 4 nitrogen and oxygen atoms in total. The Hall–Kier alpha value is -2.33. The molecule has 2 aromatic carbocycles. The molecule has 0 bridgehead atoms. The van der Waals surface area contributed by atoms with Crippen LogP contribution in [0.4, 0.5) is 0 Å². The Bertz CT molecular complexity index is 843. The zero-order chi connectivity index (χ0) is 17.1. The average molecular weight is 343 g/mol. The molecule has 0 aliphatic carbocycles. The molecule has 0 amide bonds. The lowest BCUT2D eigenvalue weighted by Crippen LogP contribution is -2.00. The first-order chi connectivity index (χ1) is 11.5. The van der Waals surface area contributed by atoms with Crippen LogP contribution in [-0.4, -0.2) is 10.2 Å². The molecule has 0 aliphatic rings. The molecule has 1 heterocycles. The van der Waals surface area contributed by atoms with Gasteiger partial charge >= 0.3 is 0 Å². The van der Waals surface area contributed by atoms with Crippen molar-refractivity contribution in [2.24, 2.45) is 0 Å². The van der Waals surface area contributed by atoms with Crippen molar-refractivity contribution in [3.05, 3.63) is 64.5 Å². The van der Waals surface area contributed by atoms with E-state index >= 15 is 0 Å². The van der Waals surface area contributed by atoms with Crippen LogP contribution in [0.2, 0.25) is 5.02 Å². The highest BCUT2D eigenvalue weighted by atomic mass is 35.5. The molecule has 3 aromatic rings. The number of halogens is 1. The topological polar surface area (TPSA) is 48.2 Å². The molecular weight excluding hydrogens is 324 g/mol. The summed E-state index contributed by atoms with van der Waals surface area (Å²) in [5, 5.41) is 8.74. The van der Waals surface area contributed by atoms with E-state index in [1.54, 1.807) is 12.1 Å². The highest BCUT2D eigenvalue weighted by Crippen LogP contribution is 2.28. The molecule has 0 spiro atoms. The van der Waals surface area contributed by atoms with Gasteiger partial charge in [0.1, 0.15) is 5.75 Å². The van der Waals surface area contributed by atoms with Crippen molar-refractivity contribution in [2.75, 3.05) is 0 Å². The van der Waals surface area contributed by atoms with Crippen molar-refractivity contribution in [1.82, 2.24) is 10.2 Å². The summed E-state index contributed by atoms with van der Waals surface area (Å²) in [6.07, 6.45) is 0. The van der Waals surface area contributed by atoms with Crippen LogP contribution in [0.3, 0.4) is 0 Å². The van der Waals surface area contributed by atoms with Gasteiger partial charge in [-0.25, -0.2) is 0 Å². The summed E-state index contributed by atoms with van der Waals surface area (Å²) in [6.45, 7) is 6.56. The Morgan fingerprint density at radius 2 is 1.96 bits per heavy atom. The summed E-state index contributed by atoms with van der Waals surface area (Å²) < 4.78 is 11.6. The molecule has 0 radical (unpaired) electrons. The second kappa shape index (κ2) is 7.05. The minimum absolute atomic E-state index is 0.233. The van der Waals surface area contributed by atoms with Crippen LogP contribution in [0.1, 0.15) is 36.8 Å². The molecule has 0 N–H and O–H groups in total. The third-order valence-electron chi connectivity index (χ3n) is 3.68. The standard InChI is InChI=1S/C19H19ClN2O2/c1-12(2)16-8-7-13(3)9-17(16)23-11-18-21-22-19(24-18)14-5-4-6-15(20)10-14/h4-10,12H,11H2,1-3H3. The zero-order valence-corrected chi connectivity index (χ0v) is 14.7. The number of hydrogen-bond acceptors (Lipinski definition) is 4. The van der Waals surface area contributed by atoms with Gasteiger partial charge in [0, 0.05) is 10.6 Å². The van der Waals surface area contributed by atoms with Crippen LogP contribution in [0, 0.1) is 6.92 Å². The third kappa shape index (κ3) is 3.77. The summed E-state index contributed by atoms with van der Waals surface area (Å²) in [5.74, 6) is 2.10. The lowest BCUT2D eigenvalue weighted by molar-refractivity contribution is 0.261. The van der Waals surface area contributed by atoms with E-state index < -0.39 is 0 Å². The molecule has 3 rings (SSSR count). The summed E-state index contributed by atoms with van der Waals surface area (Å²) >= 11 is 5.99. The van der Waals surface area contributed by atoms with Crippen LogP contribution in [0.5, 0.6) is 5.75 Å². The molecule has 0 fully saturated rings. The Balaban J connectivity index is 1.76. The van der Waals surface area contributed by atoms with E-state index in [-0.39, 0.29) is 6.61 Å². The van der Waals surface area contributed by atoms with Crippen molar-refractivity contribution < 1.29 is 9.15 Å². The fraction of sp³-hybridized carbons (Fsp3) is 0.263. The number of nitrogens with zero attached hydrogens (tertiary/aromatic N) is 2. The van der Waals surface area contributed by atoms with E-state index in [9.17, 15) is 0 Å². The van der Waals surface area contributed by atoms with E-state index in [0.717, 1.165) is 22.4 Å². The molecule has 24 heavy (non-hydrogen) atoms. The van der Waals surface area contributed by atoms with Crippen LogP contribution >= 0.6 is 11.6 Å². The SMILES string of the molecule is Cc1ccc(C(C)C)c(OCc2nnc(-c3cccc(Cl)c3)o2)c1. The highest BCUT2D eigenvalue weighted by molar-refractivity contribution is 6.30. The maximum Gasteiger partial charge on any atom is 0.254 e. The fourth-order valence-electron chi connectivity index (χ4n) is 2.43. The van der Waals surface area contributed by atoms with E-state index in [4.69, 9.17) is 20.8 Å². The zero-order valence-electron chi connectivity index (χ0n) is 13.9. The van der Waals surface area contributed by atoms with Crippen molar-refractivity contribution in [3.63, 3.8) is 0 Å². The van der Waals surface area contributed by atoms with Crippen LogP contribution in [-0.2, 0) is 6.61 Å². The van der Waals surface area contributed by atoms with Gasteiger partial charge in [0.05, 0.1) is 0 Å². The Morgan fingerprint density at radius 3 is 2.71 bits per heavy atom. The van der Waals surface area contributed by atoms with Gasteiger partial charge in [-0.05, 0) is 48.2 Å². The predicted molar refractivity (Wildman–Crippen MR) is 94.3 cm³/mol. The largest absolute Gasteiger partial charge is 0.484 e. The monoisotopic (exact) mass is 342 g/mol. The van der Waals surface area contributed by atoms with Gasteiger partial charge in [-0.1, -0.05) is 43.6 Å². The highest BCUT2D eigenvalue weighted by Gasteiger charge is 2.12. The number of aromatic nitrogens is 2. The molecular formula is C19H19ClN2O2. The normalized spacial score (nSPS) is 11.0. The van der Waals surface area contributed by atoms with Crippen LogP contribution in [0.25, 0.3) is 11.5 Å². The smallest absolute Gasteiger partial charge is 0.254 e. The van der Waals surface area contributed by atoms with Gasteiger partial charge in [-0.3, -0.25) is 0 Å². The van der Waals surface area contributed by atoms with Gasteiger partial charge < -0.3 is 9.15 Å². The lowest BCUT2D eigenvalue weighted by Gasteiger charge is -2.13. The molecule has 124 valence electrons. The number of aryl methyl sites for hydroxylation is 1. The van der Waals surface area contributed by atoms with Gasteiger partial charge in [0.15, 0.2) is 6.61 Å². The molecule has 0 atom stereocenters. The average Bonchev–Trinajstić information content (AvgIpc) is 3.01. The minimum atomic E-state index is 0.233. The number of benzene rings is 2. The third-order valence-corrected chi connectivity index (χ3v) is 3.92. The van der Waals surface area contributed by atoms with Gasteiger partial charge in [0.25, 0.3) is 5.89 Å². The maximum atomic E-state index is 5.99. The molecule has 0 aliphatic heterocycles. The summed E-state index contributed by atoms with van der Waals surface area (Å²) in [6, 6.07) is 13.5. The van der Waals surface area contributed by atoms with Crippen molar-refractivity contribution in [2.45, 2.75) is 33.3 Å². The van der Waals surface area contributed by atoms with Crippen molar-refractivity contribution >= 4 is 11.6 Å². The summed E-state index contributed by atoms with van der Waals surface area (Å²) in [5.41, 5.74) is 3.11. The van der Waals surface area contributed by atoms with Crippen molar-refractivity contribution in [3.8, 4) is 17.2 Å². The second-order valence-corrected chi connectivity index (χ2v) is 6.43. The lowest BCUT2D eigenvalue weighted by atomic mass is 10.0. The Labute approximate surface area is 146 Å². The number of rotatable bonds is 5. The van der Waals surface area contributed by atoms with Gasteiger partial charge in [-0.2, -0.15) is 0 Å². The molecule has 0 unspecified atom stereocenters. The van der Waals surface area contributed by atoms with E-state index in [1.807, 2.05) is 25.1 Å². The van der Waals surface area contributed by atoms with Gasteiger partial charge in [-0.15, -0.1) is 10.2 Å². The second-order valence-electron chi connectivity index (χ2n) is 6.00. The first-order valence-electron chi connectivity index (χ1n) is 7.84. The Morgan fingerprint density at radius 1 is 1.12 bits per heavy atom. The first-order valence-corrected chi connectivity index (χ1v) is 8.22. The Kier molecular flexibility index (Phi) is 4.86. The predicted octanol–water partition coefficient (Wildman–Crippen LogP) is 5.40. The maximum absolute atomic E-state index is 5.99. The molecule has 5 heteroatoms. The quantitative estimate of drug-likeness (QED) is 0.622. The first kappa shape index (κ1) is 16.5. The molecule has 0 saturated carbocycles. The number of ether oxygens (including phenoxy) is 1. The number of hydrogen-bond donors (Lipinski definition) is 0. The summed E-state index contributed by atoms with van der Waals surface area (Å²) in [4.78, 5) is 0. The summed E-state index contributed by atoms with van der Waals surface area (Å²) in [7, 11) is 0. The minimum Gasteiger partial charge on any atom is -0.484 e. The van der Waals surface area contributed by atoms with E-state index in [1.165, 1.54) is 0 Å².